The predicted molar refractivity (Wildman–Crippen MR) is 109 cm³/mol. The van der Waals surface area contributed by atoms with E-state index in [1.807, 2.05) is 48.5 Å². The van der Waals surface area contributed by atoms with Crippen LogP contribution in [0.15, 0.2) is 0 Å². The molecule has 0 heterocycles. The molecule has 0 aromatic rings. The van der Waals surface area contributed by atoms with E-state index in [2.05, 4.69) is 6.07 Å². The Morgan fingerprint density at radius 2 is 1.26 bits per heavy atom. The number of ether oxygens (including phenoxy) is 1. The maximum atomic E-state index is 12.1. The molecule has 1 unspecified atom stereocenters. The molecule has 0 saturated carbocycles. The highest BCUT2D eigenvalue weighted by Crippen LogP contribution is 2.37. The number of nitrogens with zero attached hydrogens (tertiary/aromatic N) is 1. The number of rotatable bonds is 4. The Balaban J connectivity index is -0.0000000853. The molecule has 3 nitrogen and oxygen atoms in total. The third-order valence-corrected chi connectivity index (χ3v) is 2.83. The van der Waals surface area contributed by atoms with E-state index >= 15 is 0 Å². The van der Waals surface area contributed by atoms with Crippen LogP contribution < -0.4 is 0 Å². The summed E-state index contributed by atoms with van der Waals surface area (Å²) >= 11 is 0. The SMILES string of the molecule is C.C.C.C.C.C.CCC(C)(C#N)CC(C)(C)C(=O)OC(C)(C)C. The molecular weight excluding hydrogens is 286 g/mol. The maximum absolute atomic E-state index is 12.1. The van der Waals surface area contributed by atoms with Crippen LogP contribution in [-0.4, -0.2) is 11.6 Å². The largest absolute Gasteiger partial charge is 0.460 e. The molecule has 0 spiro atoms. The van der Waals surface area contributed by atoms with E-state index in [4.69, 9.17) is 10.00 Å². The van der Waals surface area contributed by atoms with E-state index in [0.29, 0.717) is 6.42 Å². The molecule has 0 aromatic carbocycles. The van der Waals surface area contributed by atoms with Crippen LogP contribution in [0.1, 0.15) is 106 Å². The second kappa shape index (κ2) is 14.5. The van der Waals surface area contributed by atoms with Crippen molar-refractivity contribution in [3.05, 3.63) is 0 Å². The average Bonchev–Trinajstić information content (AvgIpc) is 2.14. The molecule has 1 atom stereocenters. The molecule has 23 heavy (non-hydrogen) atoms. The number of carbonyl (C=O) groups excluding carboxylic acids is 1. The van der Waals surface area contributed by atoms with E-state index in [-0.39, 0.29) is 50.5 Å². The summed E-state index contributed by atoms with van der Waals surface area (Å²) < 4.78 is 5.39. The predicted octanol–water partition coefficient (Wildman–Crippen LogP) is 7.50. The Kier molecular flexibility index (Phi) is 27.3. The van der Waals surface area contributed by atoms with E-state index in [0.717, 1.165) is 6.42 Å². The Bertz CT molecular complexity index is 322. The van der Waals surface area contributed by atoms with Gasteiger partial charge in [0.2, 0.25) is 0 Å². The smallest absolute Gasteiger partial charge is 0.312 e. The van der Waals surface area contributed by atoms with E-state index in [1.165, 1.54) is 0 Å². The first kappa shape index (κ1) is 43.1. The van der Waals surface area contributed by atoms with Crippen molar-refractivity contribution in [1.82, 2.24) is 0 Å². The lowest BCUT2D eigenvalue weighted by Gasteiger charge is -2.33. The van der Waals surface area contributed by atoms with Gasteiger partial charge >= 0.3 is 5.97 Å². The van der Waals surface area contributed by atoms with Crippen molar-refractivity contribution in [3.63, 3.8) is 0 Å². The normalized spacial score (nSPS) is 11.7. The lowest BCUT2D eigenvalue weighted by Crippen LogP contribution is -2.37. The van der Waals surface area contributed by atoms with Crippen LogP contribution in [-0.2, 0) is 9.53 Å². The van der Waals surface area contributed by atoms with Gasteiger partial charge in [-0.05, 0) is 54.4 Å². The molecule has 0 aliphatic carbocycles. The number of carbonyl (C=O) groups is 1. The Morgan fingerprint density at radius 1 is 0.913 bits per heavy atom. The summed E-state index contributed by atoms with van der Waals surface area (Å²) in [5.74, 6) is -0.236. The molecule has 0 fully saturated rings. The fourth-order valence-electron chi connectivity index (χ4n) is 1.71. The van der Waals surface area contributed by atoms with Gasteiger partial charge < -0.3 is 4.74 Å². The molecule has 0 bridgehead atoms. The number of esters is 1. The van der Waals surface area contributed by atoms with Gasteiger partial charge in [-0.15, -0.1) is 0 Å². The van der Waals surface area contributed by atoms with Crippen molar-refractivity contribution in [2.75, 3.05) is 0 Å². The molecular formula is C20H49NO2. The zero-order chi connectivity index (χ0) is 13.9. The molecule has 0 aliphatic rings. The highest BCUT2D eigenvalue weighted by molar-refractivity contribution is 5.76. The second-order valence-electron chi connectivity index (χ2n) is 6.59. The van der Waals surface area contributed by atoms with Crippen LogP contribution >= 0.6 is 0 Å². The lowest BCUT2D eigenvalue weighted by atomic mass is 9.73. The summed E-state index contributed by atoms with van der Waals surface area (Å²) in [6.45, 7) is 13.1. The summed E-state index contributed by atoms with van der Waals surface area (Å²) in [6, 6.07) is 2.29. The monoisotopic (exact) mass is 335 g/mol. The molecule has 0 amide bonds. The Hall–Kier alpha value is -1.04. The first-order valence-electron chi connectivity index (χ1n) is 6.10. The summed E-state index contributed by atoms with van der Waals surface area (Å²) in [6.07, 6.45) is 1.25. The van der Waals surface area contributed by atoms with Crippen LogP contribution in [0.4, 0.5) is 0 Å². The third-order valence-electron chi connectivity index (χ3n) is 2.83. The third kappa shape index (κ3) is 15.6. The molecule has 0 aliphatic heterocycles. The molecule has 0 radical (unpaired) electrons. The Labute approximate surface area is 149 Å². The van der Waals surface area contributed by atoms with E-state index < -0.39 is 16.4 Å². The fraction of sp³-hybridized carbons (Fsp3) is 0.900. The minimum atomic E-state index is -0.631. The van der Waals surface area contributed by atoms with Crippen LogP contribution in [0.5, 0.6) is 0 Å². The van der Waals surface area contributed by atoms with Crippen LogP contribution in [0.3, 0.4) is 0 Å². The number of hydrogen-bond acceptors (Lipinski definition) is 3. The van der Waals surface area contributed by atoms with Gasteiger partial charge in [-0.25, -0.2) is 0 Å². The van der Waals surface area contributed by atoms with Gasteiger partial charge in [0.1, 0.15) is 5.60 Å². The molecule has 0 aromatic heterocycles. The fourth-order valence-corrected chi connectivity index (χ4v) is 1.71. The Morgan fingerprint density at radius 3 is 1.48 bits per heavy atom. The van der Waals surface area contributed by atoms with Gasteiger partial charge in [0, 0.05) is 0 Å². The minimum absolute atomic E-state index is 0. The van der Waals surface area contributed by atoms with Gasteiger partial charge in [-0.1, -0.05) is 51.5 Å². The molecule has 3 heteroatoms. The zero-order valence-electron chi connectivity index (χ0n) is 12.2. The van der Waals surface area contributed by atoms with E-state index in [1.54, 1.807) is 0 Å². The summed E-state index contributed by atoms with van der Waals surface area (Å²) in [7, 11) is 0. The quantitative estimate of drug-likeness (QED) is 0.500. The average molecular weight is 336 g/mol. The molecule has 0 saturated heterocycles. The number of nitriles is 1. The summed E-state index contributed by atoms with van der Waals surface area (Å²) in [4.78, 5) is 12.1. The first-order chi connectivity index (χ1) is 7.46. The van der Waals surface area contributed by atoms with E-state index in [9.17, 15) is 4.79 Å². The first-order valence-corrected chi connectivity index (χ1v) is 6.10. The number of hydrogen-bond donors (Lipinski definition) is 0. The minimum Gasteiger partial charge on any atom is -0.460 e. The lowest BCUT2D eigenvalue weighted by molar-refractivity contribution is -0.167. The zero-order valence-corrected chi connectivity index (χ0v) is 12.2. The van der Waals surface area contributed by atoms with Crippen LogP contribution in [0.25, 0.3) is 0 Å². The van der Waals surface area contributed by atoms with Crippen molar-refractivity contribution in [2.24, 2.45) is 10.8 Å². The molecule has 0 rings (SSSR count). The van der Waals surface area contributed by atoms with Gasteiger partial charge in [0.05, 0.1) is 16.9 Å². The van der Waals surface area contributed by atoms with Crippen LogP contribution in [0, 0.1) is 22.2 Å². The maximum Gasteiger partial charge on any atom is 0.312 e. The molecule has 146 valence electrons. The standard InChI is InChI=1S/C14H25NO2.6CH4/c1-8-14(7,10-15)9-13(5,6)11(16)17-12(2,3)4;;;;;;/h8-9H2,1-7H3;6*1H4. The van der Waals surface area contributed by atoms with Gasteiger partial charge in [0.15, 0.2) is 0 Å². The topological polar surface area (TPSA) is 50.1 Å². The van der Waals surface area contributed by atoms with Crippen molar-refractivity contribution in [3.8, 4) is 6.07 Å². The highest BCUT2D eigenvalue weighted by Gasteiger charge is 2.39. The summed E-state index contributed by atoms with van der Waals surface area (Å²) in [5.41, 5.74) is -1.59. The van der Waals surface area contributed by atoms with Crippen molar-refractivity contribution >= 4 is 5.97 Å². The second-order valence-corrected chi connectivity index (χ2v) is 6.59. The van der Waals surface area contributed by atoms with Crippen molar-refractivity contribution < 1.29 is 9.53 Å². The van der Waals surface area contributed by atoms with Crippen molar-refractivity contribution in [2.45, 2.75) is 111 Å². The molecule has 0 N–H and O–H groups in total. The van der Waals surface area contributed by atoms with Gasteiger partial charge in [-0.3, -0.25) is 4.79 Å². The van der Waals surface area contributed by atoms with Crippen molar-refractivity contribution in [1.29, 1.82) is 5.26 Å². The summed E-state index contributed by atoms with van der Waals surface area (Å²) in [5, 5.41) is 9.16. The van der Waals surface area contributed by atoms with Gasteiger partial charge in [-0.2, -0.15) is 5.26 Å². The highest BCUT2D eigenvalue weighted by atomic mass is 16.6. The van der Waals surface area contributed by atoms with Gasteiger partial charge in [0.25, 0.3) is 0 Å². The van der Waals surface area contributed by atoms with Crippen LogP contribution in [0.2, 0.25) is 0 Å².